The summed E-state index contributed by atoms with van der Waals surface area (Å²) in [5, 5.41) is 26.5. The summed E-state index contributed by atoms with van der Waals surface area (Å²) in [4.78, 5) is 22.3. The maximum absolute atomic E-state index is 12.1. The van der Waals surface area contributed by atoms with E-state index in [4.69, 9.17) is 0 Å². The fourth-order valence-electron chi connectivity index (χ4n) is 2.42. The highest BCUT2D eigenvalue weighted by atomic mass is 32.1. The van der Waals surface area contributed by atoms with E-state index in [1.54, 1.807) is 0 Å². The fraction of sp³-hybridized carbons (Fsp3) is 0.118. The zero-order chi connectivity index (χ0) is 17.1. The van der Waals surface area contributed by atoms with Crippen LogP contribution in [0.3, 0.4) is 0 Å². The first-order valence-corrected chi connectivity index (χ1v) is 8.11. The zero-order valence-corrected chi connectivity index (χ0v) is 13.3. The number of nitrogens with one attached hydrogen (secondary N) is 1. The van der Waals surface area contributed by atoms with E-state index >= 15 is 0 Å². The van der Waals surface area contributed by atoms with E-state index < -0.39 is 16.9 Å². The van der Waals surface area contributed by atoms with Crippen LogP contribution in [0.15, 0.2) is 53.9 Å². The average molecular weight is 342 g/mol. The topological polar surface area (TPSA) is 92.5 Å². The van der Waals surface area contributed by atoms with Crippen molar-refractivity contribution in [2.75, 3.05) is 6.54 Å². The second kappa shape index (κ2) is 6.77. The highest BCUT2D eigenvalue weighted by molar-refractivity contribution is 7.17. The van der Waals surface area contributed by atoms with Gasteiger partial charge in [-0.05, 0) is 22.9 Å². The van der Waals surface area contributed by atoms with Crippen LogP contribution in [0, 0.1) is 10.1 Å². The molecule has 1 heterocycles. The van der Waals surface area contributed by atoms with Crippen LogP contribution in [-0.2, 0) is 0 Å². The van der Waals surface area contributed by atoms with Crippen LogP contribution in [0.4, 0.5) is 5.69 Å². The molecule has 0 fully saturated rings. The number of aliphatic hydroxyl groups is 1. The van der Waals surface area contributed by atoms with Crippen LogP contribution >= 0.6 is 11.3 Å². The second-order valence-corrected chi connectivity index (χ2v) is 6.13. The van der Waals surface area contributed by atoms with Gasteiger partial charge in [0.05, 0.1) is 11.0 Å². The van der Waals surface area contributed by atoms with E-state index in [0.29, 0.717) is 0 Å². The summed E-state index contributed by atoms with van der Waals surface area (Å²) in [6, 6.07) is 13.2. The zero-order valence-electron chi connectivity index (χ0n) is 12.5. The van der Waals surface area contributed by atoms with Gasteiger partial charge in [-0.1, -0.05) is 24.3 Å². The number of thiophene rings is 1. The van der Waals surface area contributed by atoms with Crippen molar-refractivity contribution in [2.24, 2.45) is 0 Å². The lowest BCUT2D eigenvalue weighted by Gasteiger charge is -2.11. The SMILES string of the molecule is O=C(NCC(O)c1csc2ccccc12)c1cccc([N+](=O)[O-])c1. The van der Waals surface area contributed by atoms with Gasteiger partial charge in [-0.15, -0.1) is 11.3 Å². The summed E-state index contributed by atoms with van der Waals surface area (Å²) < 4.78 is 1.07. The number of nitro groups is 1. The van der Waals surface area contributed by atoms with Gasteiger partial charge in [0.2, 0.25) is 0 Å². The molecule has 1 unspecified atom stereocenters. The number of nitrogens with zero attached hydrogens (tertiary/aromatic N) is 1. The number of aliphatic hydroxyl groups excluding tert-OH is 1. The minimum Gasteiger partial charge on any atom is -0.387 e. The molecule has 0 saturated carbocycles. The third-order valence-electron chi connectivity index (χ3n) is 3.65. The highest BCUT2D eigenvalue weighted by Gasteiger charge is 2.16. The lowest BCUT2D eigenvalue weighted by atomic mass is 10.1. The number of amides is 1. The van der Waals surface area contributed by atoms with Crippen molar-refractivity contribution < 1.29 is 14.8 Å². The molecule has 1 amide bonds. The largest absolute Gasteiger partial charge is 0.387 e. The van der Waals surface area contributed by atoms with Gasteiger partial charge in [0.15, 0.2) is 0 Å². The van der Waals surface area contributed by atoms with Gasteiger partial charge in [-0.25, -0.2) is 0 Å². The van der Waals surface area contributed by atoms with Crippen molar-refractivity contribution in [2.45, 2.75) is 6.10 Å². The van der Waals surface area contributed by atoms with Gasteiger partial charge in [0, 0.05) is 34.5 Å². The Balaban J connectivity index is 1.70. The van der Waals surface area contributed by atoms with E-state index in [1.165, 1.54) is 35.6 Å². The number of carbonyl (C=O) groups excluding carboxylic acids is 1. The molecule has 6 nitrogen and oxygen atoms in total. The van der Waals surface area contributed by atoms with Crippen LogP contribution in [0.1, 0.15) is 22.0 Å². The van der Waals surface area contributed by atoms with E-state index in [2.05, 4.69) is 5.32 Å². The minimum absolute atomic E-state index is 0.0300. The molecule has 0 saturated heterocycles. The molecule has 0 aliphatic rings. The van der Waals surface area contributed by atoms with Crippen molar-refractivity contribution in [1.29, 1.82) is 0 Å². The van der Waals surface area contributed by atoms with Crippen molar-refractivity contribution in [3.63, 3.8) is 0 Å². The Bertz CT molecular complexity index is 906. The van der Waals surface area contributed by atoms with Crippen molar-refractivity contribution >= 4 is 33.0 Å². The molecule has 24 heavy (non-hydrogen) atoms. The first-order chi connectivity index (χ1) is 11.6. The molecule has 0 spiro atoms. The molecule has 0 radical (unpaired) electrons. The molecule has 1 aromatic heterocycles. The molecule has 0 aliphatic carbocycles. The Kier molecular flexibility index (Phi) is 4.54. The van der Waals surface area contributed by atoms with Gasteiger partial charge < -0.3 is 10.4 Å². The predicted molar refractivity (Wildman–Crippen MR) is 92.2 cm³/mol. The summed E-state index contributed by atoms with van der Waals surface area (Å²) in [6.45, 7) is 0.0300. The van der Waals surface area contributed by atoms with Gasteiger partial charge in [-0.2, -0.15) is 0 Å². The maximum Gasteiger partial charge on any atom is 0.270 e. The number of benzene rings is 2. The van der Waals surface area contributed by atoms with Crippen molar-refractivity contribution in [3.05, 3.63) is 75.2 Å². The molecule has 2 N–H and O–H groups in total. The Morgan fingerprint density at radius 1 is 1.25 bits per heavy atom. The van der Waals surface area contributed by atoms with E-state index in [0.717, 1.165) is 15.6 Å². The molecule has 122 valence electrons. The molecular weight excluding hydrogens is 328 g/mol. The summed E-state index contributed by atoms with van der Waals surface area (Å²) in [5.74, 6) is -0.461. The molecule has 0 bridgehead atoms. The molecule has 2 aromatic carbocycles. The van der Waals surface area contributed by atoms with E-state index in [9.17, 15) is 20.0 Å². The van der Waals surface area contributed by atoms with Crippen LogP contribution in [0.25, 0.3) is 10.1 Å². The Morgan fingerprint density at radius 2 is 2.04 bits per heavy atom. The lowest BCUT2D eigenvalue weighted by molar-refractivity contribution is -0.384. The summed E-state index contributed by atoms with van der Waals surface area (Å²) in [5.41, 5.74) is 0.800. The van der Waals surface area contributed by atoms with Crippen LogP contribution in [0.2, 0.25) is 0 Å². The Hall–Kier alpha value is -2.77. The Morgan fingerprint density at radius 3 is 2.83 bits per heavy atom. The average Bonchev–Trinajstić information content (AvgIpc) is 3.03. The normalized spacial score (nSPS) is 12.0. The number of non-ortho nitro benzene ring substituents is 1. The van der Waals surface area contributed by atoms with Gasteiger partial charge in [0.25, 0.3) is 11.6 Å². The first-order valence-electron chi connectivity index (χ1n) is 7.23. The molecule has 0 aliphatic heterocycles. The fourth-order valence-corrected chi connectivity index (χ4v) is 3.43. The molecule has 7 heteroatoms. The number of carbonyl (C=O) groups is 1. The summed E-state index contributed by atoms with van der Waals surface area (Å²) >= 11 is 1.53. The van der Waals surface area contributed by atoms with Crippen molar-refractivity contribution in [1.82, 2.24) is 5.32 Å². The summed E-state index contributed by atoms with van der Waals surface area (Å²) in [6.07, 6.45) is -0.844. The van der Waals surface area contributed by atoms with Crippen LogP contribution < -0.4 is 5.32 Å². The number of nitro benzene ring substituents is 1. The highest BCUT2D eigenvalue weighted by Crippen LogP contribution is 2.29. The third kappa shape index (κ3) is 3.27. The van der Waals surface area contributed by atoms with Crippen LogP contribution in [-0.4, -0.2) is 22.5 Å². The monoisotopic (exact) mass is 342 g/mol. The predicted octanol–water partition coefficient (Wildman–Crippen LogP) is 3.27. The lowest BCUT2D eigenvalue weighted by Crippen LogP contribution is -2.28. The van der Waals surface area contributed by atoms with Gasteiger partial charge >= 0.3 is 0 Å². The Labute approximate surface area is 141 Å². The standard InChI is InChI=1S/C17H14N2O4S/c20-15(14-10-24-16-7-2-1-6-13(14)16)9-18-17(21)11-4-3-5-12(8-11)19(22)23/h1-8,10,15,20H,9H2,(H,18,21). The third-order valence-corrected chi connectivity index (χ3v) is 4.63. The molecule has 1 atom stereocenters. The molecule has 3 aromatic rings. The summed E-state index contributed by atoms with van der Waals surface area (Å²) in [7, 11) is 0. The number of rotatable bonds is 5. The van der Waals surface area contributed by atoms with Crippen molar-refractivity contribution in [3.8, 4) is 0 Å². The van der Waals surface area contributed by atoms with Gasteiger partial charge in [-0.3, -0.25) is 14.9 Å². The van der Waals surface area contributed by atoms with Crippen LogP contribution in [0.5, 0.6) is 0 Å². The quantitative estimate of drug-likeness (QED) is 0.550. The number of hydrogen-bond acceptors (Lipinski definition) is 5. The van der Waals surface area contributed by atoms with Gasteiger partial charge in [0.1, 0.15) is 0 Å². The minimum atomic E-state index is -0.844. The smallest absolute Gasteiger partial charge is 0.270 e. The first kappa shape index (κ1) is 16.1. The van der Waals surface area contributed by atoms with E-state index in [1.807, 2.05) is 29.6 Å². The second-order valence-electron chi connectivity index (χ2n) is 5.22. The molecule has 3 rings (SSSR count). The maximum atomic E-state index is 12.1. The number of hydrogen-bond donors (Lipinski definition) is 2. The number of fused-ring (bicyclic) bond motifs is 1. The van der Waals surface area contributed by atoms with E-state index in [-0.39, 0.29) is 17.8 Å². The molecular formula is C17H14N2O4S.